The minimum absolute atomic E-state index is 0.183. The van der Waals surface area contributed by atoms with Crippen molar-refractivity contribution in [3.8, 4) is 0 Å². The number of benzene rings is 2. The molecular weight excluding hydrogens is 392 g/mol. The molecular formula is C20H16N4O2S2. The number of carbonyl (C=O) groups is 2. The molecule has 2 amide bonds. The maximum Gasteiger partial charge on any atom is 0.261 e. The van der Waals surface area contributed by atoms with Crippen molar-refractivity contribution in [2.45, 2.75) is 18.0 Å². The highest BCUT2D eigenvalue weighted by atomic mass is 32.2. The minimum Gasteiger partial charge on any atom is -0.274 e. The second-order valence-corrected chi connectivity index (χ2v) is 8.60. The van der Waals surface area contributed by atoms with Gasteiger partial charge in [0.25, 0.3) is 11.8 Å². The third-order valence-electron chi connectivity index (χ3n) is 4.80. The van der Waals surface area contributed by atoms with Crippen LogP contribution in [0.25, 0.3) is 15.2 Å². The second-order valence-electron chi connectivity index (χ2n) is 6.53. The zero-order valence-corrected chi connectivity index (χ0v) is 16.5. The molecule has 0 saturated heterocycles. The Kier molecular flexibility index (Phi) is 4.37. The fraction of sp³-hybridized carbons (Fsp3) is 0.200. The molecule has 2 aromatic heterocycles. The molecule has 1 aliphatic rings. The van der Waals surface area contributed by atoms with Crippen LogP contribution in [-0.2, 0) is 0 Å². The summed E-state index contributed by atoms with van der Waals surface area (Å²) >= 11 is 3.29. The van der Waals surface area contributed by atoms with Crippen molar-refractivity contribution in [2.24, 2.45) is 0 Å². The predicted octanol–water partition coefficient (Wildman–Crippen LogP) is 4.11. The highest BCUT2D eigenvalue weighted by Crippen LogP contribution is 2.30. The van der Waals surface area contributed by atoms with Gasteiger partial charge in [0.15, 0.2) is 5.16 Å². The Morgan fingerprint density at radius 3 is 2.39 bits per heavy atom. The van der Waals surface area contributed by atoms with Crippen LogP contribution in [0.15, 0.2) is 53.7 Å². The van der Waals surface area contributed by atoms with Gasteiger partial charge in [-0.15, -0.1) is 10.2 Å². The van der Waals surface area contributed by atoms with Crippen LogP contribution in [0.3, 0.4) is 0 Å². The first-order valence-electron chi connectivity index (χ1n) is 9.05. The van der Waals surface area contributed by atoms with E-state index in [1.165, 1.54) is 9.60 Å². The zero-order chi connectivity index (χ0) is 19.1. The Labute approximate surface area is 169 Å². The van der Waals surface area contributed by atoms with Crippen LogP contribution in [0.4, 0.5) is 0 Å². The van der Waals surface area contributed by atoms with Gasteiger partial charge in [0.1, 0.15) is 0 Å². The average Bonchev–Trinajstić information content (AvgIpc) is 3.35. The van der Waals surface area contributed by atoms with Gasteiger partial charge < -0.3 is 0 Å². The lowest BCUT2D eigenvalue weighted by molar-refractivity contribution is 0.0652. The van der Waals surface area contributed by atoms with Crippen LogP contribution in [-0.4, -0.2) is 43.6 Å². The van der Waals surface area contributed by atoms with E-state index in [1.54, 1.807) is 47.4 Å². The predicted molar refractivity (Wildman–Crippen MR) is 110 cm³/mol. The van der Waals surface area contributed by atoms with Crippen LogP contribution in [0.2, 0.25) is 0 Å². The first-order chi connectivity index (χ1) is 13.7. The largest absolute Gasteiger partial charge is 0.274 e. The molecule has 0 fully saturated rings. The monoisotopic (exact) mass is 408 g/mol. The maximum absolute atomic E-state index is 12.4. The number of thioether (sulfide) groups is 1. The summed E-state index contributed by atoms with van der Waals surface area (Å²) in [5.74, 6) is 0.489. The highest BCUT2D eigenvalue weighted by Gasteiger charge is 2.34. The van der Waals surface area contributed by atoms with E-state index in [2.05, 4.69) is 26.7 Å². The molecule has 0 spiro atoms. The molecule has 8 heteroatoms. The van der Waals surface area contributed by atoms with Gasteiger partial charge in [-0.1, -0.05) is 47.4 Å². The van der Waals surface area contributed by atoms with Crippen molar-refractivity contribution in [2.75, 3.05) is 12.3 Å². The number of para-hydroxylation sites is 1. The Bertz CT molecular complexity index is 1180. The molecule has 0 radical (unpaired) electrons. The van der Waals surface area contributed by atoms with Gasteiger partial charge in [-0.05, 0) is 37.1 Å². The van der Waals surface area contributed by atoms with E-state index in [-0.39, 0.29) is 11.8 Å². The van der Waals surface area contributed by atoms with Gasteiger partial charge in [-0.3, -0.25) is 18.9 Å². The molecule has 0 saturated carbocycles. The Morgan fingerprint density at radius 1 is 0.893 bits per heavy atom. The number of amides is 2. The Morgan fingerprint density at radius 2 is 1.61 bits per heavy atom. The van der Waals surface area contributed by atoms with E-state index in [4.69, 9.17) is 0 Å². The summed E-state index contributed by atoms with van der Waals surface area (Å²) in [6.07, 6.45) is 1.65. The van der Waals surface area contributed by atoms with Crippen LogP contribution in [0, 0.1) is 0 Å². The van der Waals surface area contributed by atoms with Crippen LogP contribution in [0.5, 0.6) is 0 Å². The fourth-order valence-corrected chi connectivity index (χ4v) is 5.39. The number of carbonyl (C=O) groups excluding carboxylic acids is 2. The number of hydrogen-bond acceptors (Lipinski definition) is 6. The van der Waals surface area contributed by atoms with Gasteiger partial charge >= 0.3 is 0 Å². The third-order valence-corrected chi connectivity index (χ3v) is 6.82. The van der Waals surface area contributed by atoms with E-state index >= 15 is 0 Å². The molecule has 0 bridgehead atoms. The summed E-state index contributed by atoms with van der Waals surface area (Å²) in [5, 5.41) is 9.46. The second kappa shape index (κ2) is 7.03. The number of nitrogens with zero attached hydrogens (tertiary/aromatic N) is 4. The van der Waals surface area contributed by atoms with Crippen molar-refractivity contribution in [1.82, 2.24) is 19.5 Å². The van der Waals surface area contributed by atoms with Gasteiger partial charge in [0.2, 0.25) is 4.96 Å². The average molecular weight is 409 g/mol. The first kappa shape index (κ1) is 17.4. The summed E-state index contributed by atoms with van der Waals surface area (Å²) in [6, 6.07) is 15.2. The third kappa shape index (κ3) is 2.80. The lowest BCUT2D eigenvalue weighted by Gasteiger charge is -2.13. The standard InChI is InChI=1S/C20H16N4O2S2/c25-17-13-7-1-2-8-14(13)18(26)23(17)11-5-6-12-27-19-21-22-20-24(19)15-9-3-4-10-16(15)28-20/h1-4,7-10H,5-6,11-12H2. The Balaban J connectivity index is 1.19. The number of unbranched alkanes of at least 4 members (excludes halogenated alkanes) is 1. The first-order valence-corrected chi connectivity index (χ1v) is 10.8. The number of imide groups is 1. The summed E-state index contributed by atoms with van der Waals surface area (Å²) in [4.78, 5) is 27.0. The molecule has 0 N–H and O–H groups in total. The summed E-state index contributed by atoms with van der Waals surface area (Å²) in [7, 11) is 0. The number of aromatic nitrogens is 3. The van der Waals surface area contributed by atoms with Gasteiger partial charge in [-0.2, -0.15) is 0 Å². The molecule has 4 aromatic rings. The lowest BCUT2D eigenvalue weighted by atomic mass is 10.1. The van der Waals surface area contributed by atoms with E-state index in [9.17, 15) is 9.59 Å². The number of rotatable bonds is 6. The van der Waals surface area contributed by atoms with Crippen molar-refractivity contribution >= 4 is 50.1 Å². The smallest absolute Gasteiger partial charge is 0.261 e. The molecule has 3 heterocycles. The molecule has 5 rings (SSSR count). The minimum atomic E-state index is -0.183. The normalized spacial score (nSPS) is 13.8. The lowest BCUT2D eigenvalue weighted by Crippen LogP contribution is -2.30. The molecule has 6 nitrogen and oxygen atoms in total. The van der Waals surface area contributed by atoms with Crippen LogP contribution in [0.1, 0.15) is 33.6 Å². The molecule has 140 valence electrons. The molecule has 1 aliphatic heterocycles. The quantitative estimate of drug-likeness (QED) is 0.273. The highest BCUT2D eigenvalue weighted by molar-refractivity contribution is 7.99. The number of hydrogen-bond donors (Lipinski definition) is 0. The van der Waals surface area contributed by atoms with E-state index in [0.717, 1.165) is 34.2 Å². The molecule has 0 unspecified atom stereocenters. The van der Waals surface area contributed by atoms with Crippen LogP contribution >= 0.6 is 23.1 Å². The summed E-state index contributed by atoms with van der Waals surface area (Å²) < 4.78 is 3.29. The number of thiazole rings is 1. The summed E-state index contributed by atoms with van der Waals surface area (Å²) in [5.41, 5.74) is 2.15. The van der Waals surface area contributed by atoms with E-state index in [1.807, 2.05) is 12.1 Å². The molecule has 0 atom stereocenters. The SMILES string of the molecule is O=C1c2ccccc2C(=O)N1CCCCSc1nnc2sc3ccccc3n12. The zero-order valence-electron chi connectivity index (χ0n) is 14.9. The molecule has 28 heavy (non-hydrogen) atoms. The van der Waals surface area contributed by atoms with E-state index < -0.39 is 0 Å². The number of fused-ring (bicyclic) bond motifs is 4. The van der Waals surface area contributed by atoms with Crippen LogP contribution < -0.4 is 0 Å². The van der Waals surface area contributed by atoms with Gasteiger partial charge in [0.05, 0.1) is 21.3 Å². The molecule has 2 aromatic carbocycles. The topological polar surface area (TPSA) is 67.6 Å². The van der Waals surface area contributed by atoms with Gasteiger partial charge in [0, 0.05) is 12.3 Å². The molecule has 0 aliphatic carbocycles. The van der Waals surface area contributed by atoms with Crippen molar-refractivity contribution < 1.29 is 9.59 Å². The van der Waals surface area contributed by atoms with E-state index in [0.29, 0.717) is 17.7 Å². The van der Waals surface area contributed by atoms with Crippen molar-refractivity contribution in [3.63, 3.8) is 0 Å². The van der Waals surface area contributed by atoms with Crippen molar-refractivity contribution in [3.05, 3.63) is 59.7 Å². The van der Waals surface area contributed by atoms with Crippen molar-refractivity contribution in [1.29, 1.82) is 0 Å². The maximum atomic E-state index is 12.4. The van der Waals surface area contributed by atoms with Gasteiger partial charge in [-0.25, -0.2) is 0 Å². The fourth-order valence-electron chi connectivity index (χ4n) is 3.43. The Hall–Kier alpha value is -2.71. The summed E-state index contributed by atoms with van der Waals surface area (Å²) in [6.45, 7) is 0.448.